The first-order valence-corrected chi connectivity index (χ1v) is 10.6. The Bertz CT molecular complexity index is 581. The molecule has 0 N–H and O–H groups in total. The molecule has 1 saturated carbocycles. The van der Waals surface area contributed by atoms with Gasteiger partial charge in [-0.05, 0) is 50.0 Å². The van der Waals surface area contributed by atoms with Crippen molar-refractivity contribution in [3.63, 3.8) is 0 Å². The van der Waals surface area contributed by atoms with Crippen LogP contribution >= 0.6 is 0 Å². The minimum absolute atomic E-state index is 0.309. The van der Waals surface area contributed by atoms with E-state index in [9.17, 15) is 9.59 Å². The Morgan fingerprint density at radius 3 is 2.46 bits per heavy atom. The van der Waals surface area contributed by atoms with E-state index in [-0.39, 0.29) is 0 Å². The molecule has 2 atom stereocenters. The molecule has 2 fully saturated rings. The van der Waals surface area contributed by atoms with Gasteiger partial charge >= 0.3 is 0 Å². The second-order valence-corrected chi connectivity index (χ2v) is 8.10. The van der Waals surface area contributed by atoms with E-state index in [0.29, 0.717) is 37.0 Å². The van der Waals surface area contributed by atoms with Crippen LogP contribution in [0.15, 0.2) is 30.3 Å². The summed E-state index contributed by atoms with van der Waals surface area (Å²) in [4.78, 5) is 26.9. The SMILES string of the molecule is O=C(CCCCCC(=O)N1CCCC2CCCCC21)Cc1ccccc1. The van der Waals surface area contributed by atoms with E-state index in [4.69, 9.17) is 0 Å². The van der Waals surface area contributed by atoms with E-state index in [2.05, 4.69) is 4.90 Å². The maximum Gasteiger partial charge on any atom is 0.222 e. The van der Waals surface area contributed by atoms with Crippen molar-refractivity contribution in [2.24, 2.45) is 5.92 Å². The Morgan fingerprint density at radius 2 is 1.62 bits per heavy atom. The van der Waals surface area contributed by atoms with Gasteiger partial charge in [-0.15, -0.1) is 0 Å². The van der Waals surface area contributed by atoms with Crippen LogP contribution in [-0.2, 0) is 16.0 Å². The number of unbranched alkanes of at least 4 members (excludes halogenated alkanes) is 2. The third-order valence-electron chi connectivity index (χ3n) is 6.15. The largest absolute Gasteiger partial charge is 0.339 e. The van der Waals surface area contributed by atoms with Gasteiger partial charge in [-0.25, -0.2) is 0 Å². The molecule has 3 rings (SSSR count). The van der Waals surface area contributed by atoms with Crippen molar-refractivity contribution < 1.29 is 9.59 Å². The van der Waals surface area contributed by atoms with E-state index >= 15 is 0 Å². The molecule has 3 nitrogen and oxygen atoms in total. The van der Waals surface area contributed by atoms with Crippen LogP contribution < -0.4 is 0 Å². The number of carbonyl (C=O) groups is 2. The Labute approximate surface area is 158 Å². The number of piperidine rings is 1. The van der Waals surface area contributed by atoms with Gasteiger partial charge in [-0.3, -0.25) is 9.59 Å². The molecule has 1 aliphatic carbocycles. The molecule has 1 aromatic carbocycles. The average molecular weight is 356 g/mol. The van der Waals surface area contributed by atoms with Crippen LogP contribution in [0, 0.1) is 5.92 Å². The summed E-state index contributed by atoms with van der Waals surface area (Å²) in [6, 6.07) is 10.5. The summed E-state index contributed by atoms with van der Waals surface area (Å²) in [5.41, 5.74) is 1.10. The number of hydrogen-bond acceptors (Lipinski definition) is 2. The Balaban J connectivity index is 1.32. The molecular weight excluding hydrogens is 322 g/mol. The van der Waals surface area contributed by atoms with Crippen LogP contribution in [0.3, 0.4) is 0 Å². The lowest BCUT2D eigenvalue weighted by Crippen LogP contribution is -2.49. The van der Waals surface area contributed by atoms with Crippen LogP contribution in [0.25, 0.3) is 0 Å². The molecule has 1 amide bonds. The minimum Gasteiger partial charge on any atom is -0.339 e. The van der Waals surface area contributed by atoms with Gasteiger partial charge < -0.3 is 4.90 Å². The van der Waals surface area contributed by atoms with Crippen LogP contribution in [0.1, 0.15) is 76.2 Å². The lowest BCUT2D eigenvalue weighted by molar-refractivity contribution is -0.137. The lowest BCUT2D eigenvalue weighted by Gasteiger charge is -2.44. The third kappa shape index (κ3) is 5.43. The van der Waals surface area contributed by atoms with Crippen molar-refractivity contribution >= 4 is 11.7 Å². The van der Waals surface area contributed by atoms with Crippen molar-refractivity contribution in [3.8, 4) is 0 Å². The van der Waals surface area contributed by atoms with E-state index in [1.165, 1.54) is 38.5 Å². The number of Topliss-reactive ketones (excluding diaryl/α,β-unsaturated/α-hetero) is 1. The molecule has 0 spiro atoms. The topological polar surface area (TPSA) is 37.4 Å². The fourth-order valence-corrected chi connectivity index (χ4v) is 4.77. The molecule has 0 radical (unpaired) electrons. The van der Waals surface area contributed by atoms with Crippen molar-refractivity contribution in [1.82, 2.24) is 4.90 Å². The van der Waals surface area contributed by atoms with Crippen molar-refractivity contribution in [2.75, 3.05) is 6.54 Å². The number of rotatable bonds is 8. The Hall–Kier alpha value is -1.64. The van der Waals surface area contributed by atoms with E-state index in [1.807, 2.05) is 30.3 Å². The fourth-order valence-electron chi connectivity index (χ4n) is 4.77. The van der Waals surface area contributed by atoms with Crippen LogP contribution in [0.4, 0.5) is 0 Å². The summed E-state index contributed by atoms with van der Waals surface area (Å²) in [5.74, 6) is 1.43. The maximum atomic E-state index is 12.7. The van der Waals surface area contributed by atoms with Crippen molar-refractivity contribution in [3.05, 3.63) is 35.9 Å². The zero-order valence-corrected chi connectivity index (χ0v) is 16.0. The summed E-state index contributed by atoms with van der Waals surface area (Å²) in [5, 5.41) is 0. The molecule has 26 heavy (non-hydrogen) atoms. The molecule has 1 aliphatic heterocycles. The van der Waals surface area contributed by atoms with Crippen molar-refractivity contribution in [2.45, 2.75) is 83.1 Å². The van der Waals surface area contributed by atoms with E-state index < -0.39 is 0 Å². The monoisotopic (exact) mass is 355 g/mol. The lowest BCUT2D eigenvalue weighted by atomic mass is 9.78. The predicted octanol–water partition coefficient (Wildman–Crippen LogP) is 4.93. The normalized spacial score (nSPS) is 22.7. The quantitative estimate of drug-likeness (QED) is 0.620. The number of nitrogens with zero attached hydrogens (tertiary/aromatic N) is 1. The average Bonchev–Trinajstić information content (AvgIpc) is 2.68. The molecule has 0 aromatic heterocycles. The van der Waals surface area contributed by atoms with Gasteiger partial charge in [0.1, 0.15) is 5.78 Å². The number of hydrogen-bond donors (Lipinski definition) is 0. The van der Waals surface area contributed by atoms with Crippen LogP contribution in [0.5, 0.6) is 0 Å². The zero-order chi connectivity index (χ0) is 18.2. The molecule has 2 aliphatic rings. The number of carbonyl (C=O) groups excluding carboxylic acids is 2. The van der Waals surface area contributed by atoms with Gasteiger partial charge in [0, 0.05) is 31.8 Å². The van der Waals surface area contributed by atoms with Gasteiger partial charge in [-0.2, -0.15) is 0 Å². The second-order valence-electron chi connectivity index (χ2n) is 8.10. The standard InChI is InChI=1S/C23H33NO2/c25-21(18-19-10-3-1-4-11-19)14-5-2-6-16-23(26)24-17-9-13-20-12-7-8-15-22(20)24/h1,3-4,10-11,20,22H,2,5-9,12-18H2. The molecular formula is C23H33NO2. The number of amides is 1. The predicted molar refractivity (Wildman–Crippen MR) is 105 cm³/mol. The molecule has 2 unspecified atom stereocenters. The first-order valence-electron chi connectivity index (χ1n) is 10.6. The van der Waals surface area contributed by atoms with E-state index in [1.54, 1.807) is 0 Å². The molecule has 1 aromatic rings. The van der Waals surface area contributed by atoms with Crippen LogP contribution in [0.2, 0.25) is 0 Å². The summed E-state index contributed by atoms with van der Waals surface area (Å²) >= 11 is 0. The molecule has 3 heteroatoms. The third-order valence-corrected chi connectivity index (χ3v) is 6.15. The first-order chi connectivity index (χ1) is 12.7. The highest BCUT2D eigenvalue weighted by atomic mass is 16.2. The fraction of sp³-hybridized carbons (Fsp3) is 0.652. The number of ketones is 1. The maximum absolute atomic E-state index is 12.7. The van der Waals surface area contributed by atoms with Gasteiger partial charge in [0.25, 0.3) is 0 Å². The van der Waals surface area contributed by atoms with E-state index in [0.717, 1.165) is 37.3 Å². The van der Waals surface area contributed by atoms with Crippen molar-refractivity contribution in [1.29, 1.82) is 0 Å². The highest BCUT2D eigenvalue weighted by Gasteiger charge is 2.35. The molecule has 1 heterocycles. The summed E-state index contributed by atoms with van der Waals surface area (Å²) < 4.78 is 0. The number of likely N-dealkylation sites (tertiary alicyclic amines) is 1. The summed E-state index contributed by atoms with van der Waals surface area (Å²) in [6.07, 6.45) is 12.3. The van der Waals surface area contributed by atoms with Gasteiger partial charge in [0.2, 0.25) is 5.91 Å². The van der Waals surface area contributed by atoms with Gasteiger partial charge in [-0.1, -0.05) is 49.6 Å². The zero-order valence-electron chi connectivity index (χ0n) is 16.0. The molecule has 1 saturated heterocycles. The highest BCUT2D eigenvalue weighted by Crippen LogP contribution is 2.35. The van der Waals surface area contributed by atoms with Crippen LogP contribution in [-0.4, -0.2) is 29.2 Å². The summed E-state index contributed by atoms with van der Waals surface area (Å²) in [7, 11) is 0. The summed E-state index contributed by atoms with van der Waals surface area (Å²) in [6.45, 7) is 0.968. The highest BCUT2D eigenvalue weighted by molar-refractivity contribution is 5.80. The number of fused-ring (bicyclic) bond motifs is 1. The van der Waals surface area contributed by atoms with Gasteiger partial charge in [0.15, 0.2) is 0 Å². The smallest absolute Gasteiger partial charge is 0.222 e. The Kier molecular flexibility index (Phi) is 7.28. The number of benzene rings is 1. The molecule has 0 bridgehead atoms. The second kappa shape index (κ2) is 9.89. The minimum atomic E-state index is 0.309. The Morgan fingerprint density at radius 1 is 0.885 bits per heavy atom. The molecule has 142 valence electrons. The van der Waals surface area contributed by atoms with Gasteiger partial charge in [0.05, 0.1) is 0 Å². The first kappa shape index (κ1) is 19.1.